The van der Waals surface area contributed by atoms with Gasteiger partial charge in [0.25, 0.3) is 5.89 Å². The van der Waals surface area contributed by atoms with Gasteiger partial charge in [0, 0.05) is 12.1 Å². The van der Waals surface area contributed by atoms with Crippen molar-refractivity contribution in [2.45, 2.75) is 25.0 Å². The van der Waals surface area contributed by atoms with Crippen LogP contribution in [0.15, 0.2) is 16.7 Å². The van der Waals surface area contributed by atoms with Gasteiger partial charge in [-0.15, -0.1) is 0 Å². The molecule has 0 bridgehead atoms. The minimum Gasteiger partial charge on any atom is -0.364 e. The van der Waals surface area contributed by atoms with Gasteiger partial charge in [-0.3, -0.25) is 0 Å². The highest BCUT2D eigenvalue weighted by Gasteiger charge is 2.30. The molecule has 1 aliphatic heterocycles. The normalized spacial score (nSPS) is 21.9. The largest absolute Gasteiger partial charge is 0.364 e. The van der Waals surface area contributed by atoms with E-state index in [-0.39, 0.29) is 29.5 Å². The molecule has 1 aliphatic rings. The van der Waals surface area contributed by atoms with E-state index in [2.05, 4.69) is 10.1 Å². The molecule has 2 heterocycles. The van der Waals surface area contributed by atoms with Gasteiger partial charge in [0.1, 0.15) is 6.10 Å². The molecule has 0 saturated carbocycles. The molecular formula is C13H12F3N3O2. The van der Waals surface area contributed by atoms with Crippen LogP contribution in [-0.4, -0.2) is 22.8 Å². The second-order valence-electron chi connectivity index (χ2n) is 4.77. The Hall–Kier alpha value is -1.93. The van der Waals surface area contributed by atoms with Crippen molar-refractivity contribution >= 4 is 0 Å². The SMILES string of the molecule is NCC1CCC(c2nc(-c3cc(F)c(F)c(F)c3)no2)O1. The van der Waals surface area contributed by atoms with Crippen molar-refractivity contribution in [3.8, 4) is 11.4 Å². The molecule has 3 rings (SSSR count). The summed E-state index contributed by atoms with van der Waals surface area (Å²) in [6.45, 7) is 0.395. The fraction of sp³-hybridized carbons (Fsp3) is 0.385. The van der Waals surface area contributed by atoms with Gasteiger partial charge in [-0.25, -0.2) is 13.2 Å². The first kappa shape index (κ1) is 14.0. The van der Waals surface area contributed by atoms with E-state index in [1.165, 1.54) is 0 Å². The van der Waals surface area contributed by atoms with Crippen LogP contribution in [0.25, 0.3) is 11.4 Å². The fourth-order valence-electron chi connectivity index (χ4n) is 2.23. The Kier molecular flexibility index (Phi) is 3.64. The third-order valence-electron chi connectivity index (χ3n) is 3.33. The molecule has 1 aromatic heterocycles. The van der Waals surface area contributed by atoms with Crippen molar-refractivity contribution in [1.82, 2.24) is 10.1 Å². The van der Waals surface area contributed by atoms with E-state index < -0.39 is 17.5 Å². The number of hydrogen-bond donors (Lipinski definition) is 1. The Balaban J connectivity index is 1.85. The summed E-state index contributed by atoms with van der Waals surface area (Å²) in [6, 6.07) is 1.62. The fourth-order valence-corrected chi connectivity index (χ4v) is 2.23. The van der Waals surface area contributed by atoms with Crippen molar-refractivity contribution in [3.63, 3.8) is 0 Å². The van der Waals surface area contributed by atoms with E-state index in [0.29, 0.717) is 13.0 Å². The predicted octanol–water partition coefficient (Wildman–Crippen LogP) is 2.33. The van der Waals surface area contributed by atoms with E-state index in [4.69, 9.17) is 15.0 Å². The van der Waals surface area contributed by atoms with Crippen molar-refractivity contribution in [2.75, 3.05) is 6.54 Å². The molecule has 2 aromatic rings. The quantitative estimate of drug-likeness (QED) is 0.880. The molecule has 8 heteroatoms. The lowest BCUT2D eigenvalue weighted by Gasteiger charge is -2.07. The van der Waals surface area contributed by atoms with Crippen LogP contribution < -0.4 is 5.73 Å². The van der Waals surface area contributed by atoms with Crippen molar-refractivity contribution < 1.29 is 22.4 Å². The average Bonchev–Trinajstić information content (AvgIpc) is 3.12. The van der Waals surface area contributed by atoms with E-state index in [9.17, 15) is 13.2 Å². The van der Waals surface area contributed by atoms with Gasteiger partial charge in [-0.2, -0.15) is 4.98 Å². The van der Waals surface area contributed by atoms with Gasteiger partial charge in [-0.05, 0) is 25.0 Å². The minimum atomic E-state index is -1.53. The highest BCUT2D eigenvalue weighted by molar-refractivity contribution is 5.54. The summed E-state index contributed by atoms with van der Waals surface area (Å²) in [5.41, 5.74) is 5.50. The van der Waals surface area contributed by atoms with Gasteiger partial charge in [0.15, 0.2) is 17.5 Å². The van der Waals surface area contributed by atoms with E-state index in [1.807, 2.05) is 0 Å². The molecular weight excluding hydrogens is 287 g/mol. The van der Waals surface area contributed by atoms with Crippen LogP contribution in [-0.2, 0) is 4.74 Å². The Morgan fingerprint density at radius 1 is 1.19 bits per heavy atom. The first-order valence-corrected chi connectivity index (χ1v) is 6.42. The number of benzene rings is 1. The van der Waals surface area contributed by atoms with Gasteiger partial charge >= 0.3 is 0 Å². The topological polar surface area (TPSA) is 74.2 Å². The maximum atomic E-state index is 13.2. The van der Waals surface area contributed by atoms with Crippen LogP contribution in [0, 0.1) is 17.5 Å². The van der Waals surface area contributed by atoms with Crippen LogP contribution >= 0.6 is 0 Å². The highest BCUT2D eigenvalue weighted by atomic mass is 19.2. The molecule has 2 atom stereocenters. The molecule has 2 N–H and O–H groups in total. The zero-order valence-corrected chi connectivity index (χ0v) is 10.9. The molecule has 0 spiro atoms. The van der Waals surface area contributed by atoms with E-state index in [0.717, 1.165) is 18.6 Å². The van der Waals surface area contributed by atoms with Crippen LogP contribution in [0.2, 0.25) is 0 Å². The lowest BCUT2D eigenvalue weighted by Crippen LogP contribution is -2.18. The second kappa shape index (κ2) is 5.45. The minimum absolute atomic E-state index is 0.00484. The monoisotopic (exact) mass is 299 g/mol. The third-order valence-corrected chi connectivity index (χ3v) is 3.33. The highest BCUT2D eigenvalue weighted by Crippen LogP contribution is 2.32. The summed E-state index contributed by atoms with van der Waals surface area (Å²) in [5.74, 6) is -3.96. The number of ether oxygens (including phenoxy) is 1. The summed E-state index contributed by atoms with van der Waals surface area (Å²) in [5, 5.41) is 3.64. The molecule has 1 saturated heterocycles. The van der Waals surface area contributed by atoms with Crippen molar-refractivity contribution in [3.05, 3.63) is 35.5 Å². The average molecular weight is 299 g/mol. The molecule has 2 unspecified atom stereocenters. The summed E-state index contributed by atoms with van der Waals surface area (Å²) in [7, 11) is 0. The summed E-state index contributed by atoms with van der Waals surface area (Å²) >= 11 is 0. The van der Waals surface area contributed by atoms with Gasteiger partial charge in [-0.1, -0.05) is 5.16 Å². The first-order valence-electron chi connectivity index (χ1n) is 6.42. The second-order valence-corrected chi connectivity index (χ2v) is 4.77. The summed E-state index contributed by atoms with van der Waals surface area (Å²) in [6.07, 6.45) is 1.01. The lowest BCUT2D eigenvalue weighted by molar-refractivity contribution is 0.0307. The van der Waals surface area contributed by atoms with Gasteiger partial charge in [0.2, 0.25) is 5.82 Å². The number of halogens is 3. The molecule has 0 aliphatic carbocycles. The van der Waals surface area contributed by atoms with Crippen molar-refractivity contribution in [1.29, 1.82) is 0 Å². The number of nitrogens with two attached hydrogens (primary N) is 1. The van der Waals surface area contributed by atoms with Crippen LogP contribution in [0.1, 0.15) is 24.8 Å². The van der Waals surface area contributed by atoms with E-state index in [1.54, 1.807) is 0 Å². The molecule has 1 aromatic carbocycles. The molecule has 0 amide bonds. The van der Waals surface area contributed by atoms with Gasteiger partial charge in [0.05, 0.1) is 6.10 Å². The molecule has 21 heavy (non-hydrogen) atoms. The standard InChI is InChI=1S/C13H12F3N3O2/c14-8-3-6(4-9(15)11(8)16)12-18-13(21-19-12)10-2-1-7(5-17)20-10/h3-4,7,10H,1-2,5,17H2. The Labute approximate surface area is 117 Å². The molecule has 0 radical (unpaired) electrons. The smallest absolute Gasteiger partial charge is 0.256 e. The maximum Gasteiger partial charge on any atom is 0.256 e. The number of aromatic nitrogens is 2. The zero-order chi connectivity index (χ0) is 15.0. The maximum absolute atomic E-state index is 13.2. The van der Waals surface area contributed by atoms with Crippen molar-refractivity contribution in [2.24, 2.45) is 5.73 Å². The van der Waals surface area contributed by atoms with Gasteiger partial charge < -0.3 is 15.0 Å². The number of hydrogen-bond acceptors (Lipinski definition) is 5. The number of rotatable bonds is 3. The van der Waals surface area contributed by atoms with E-state index >= 15 is 0 Å². The van der Waals surface area contributed by atoms with Crippen LogP contribution in [0.3, 0.4) is 0 Å². The first-order chi connectivity index (χ1) is 10.1. The Morgan fingerprint density at radius 3 is 2.52 bits per heavy atom. The third kappa shape index (κ3) is 2.64. The summed E-state index contributed by atoms with van der Waals surface area (Å²) < 4.78 is 49.9. The Bertz CT molecular complexity index is 639. The molecule has 112 valence electrons. The lowest BCUT2D eigenvalue weighted by atomic mass is 10.2. The summed E-state index contributed by atoms with van der Waals surface area (Å²) in [4.78, 5) is 4.04. The Morgan fingerprint density at radius 2 is 1.90 bits per heavy atom. The van der Waals surface area contributed by atoms with Crippen LogP contribution in [0.5, 0.6) is 0 Å². The molecule has 5 nitrogen and oxygen atoms in total. The predicted molar refractivity (Wildman–Crippen MR) is 65.5 cm³/mol. The molecule has 1 fully saturated rings. The zero-order valence-electron chi connectivity index (χ0n) is 10.9. The number of nitrogens with zero attached hydrogens (tertiary/aromatic N) is 2. The van der Waals surface area contributed by atoms with Crippen LogP contribution in [0.4, 0.5) is 13.2 Å².